The van der Waals surface area contributed by atoms with Gasteiger partial charge in [0.25, 0.3) is 0 Å². The molecule has 8 nitrogen and oxygen atoms in total. The van der Waals surface area contributed by atoms with Crippen LogP contribution in [0.2, 0.25) is 0 Å². The summed E-state index contributed by atoms with van der Waals surface area (Å²) < 4.78 is 41.5. The molecule has 36 heavy (non-hydrogen) atoms. The van der Waals surface area contributed by atoms with Gasteiger partial charge in [0.05, 0.1) is 0 Å². The molecule has 0 N–H and O–H groups in total. The Hall–Kier alpha value is -1.45. The van der Waals surface area contributed by atoms with E-state index < -0.39 is 5.97 Å². The molecule has 1 aromatic rings. The van der Waals surface area contributed by atoms with Crippen LogP contribution in [0.3, 0.4) is 0 Å². The summed E-state index contributed by atoms with van der Waals surface area (Å²) in [5, 5.41) is 0.0633. The Morgan fingerprint density at radius 3 is 2.64 bits per heavy atom. The van der Waals surface area contributed by atoms with E-state index in [1.165, 1.54) is 23.9 Å². The van der Waals surface area contributed by atoms with Gasteiger partial charge in [0, 0.05) is 0 Å². The van der Waals surface area contributed by atoms with Crippen molar-refractivity contribution in [1.29, 1.82) is 0 Å². The molecule has 2 heterocycles. The van der Waals surface area contributed by atoms with Gasteiger partial charge in [-0.1, -0.05) is 0 Å². The van der Waals surface area contributed by atoms with E-state index in [2.05, 4.69) is 29.0 Å². The molecule has 0 amide bonds. The molecule has 0 aliphatic carbocycles. The molecule has 5 atom stereocenters. The fourth-order valence-corrected chi connectivity index (χ4v) is 6.58. The van der Waals surface area contributed by atoms with Gasteiger partial charge in [-0.05, 0) is 0 Å². The SMILES string of the molecule is COCOC[C@H]1OCCCC[C@@H]1O[C@H](CC[C@@H]1OCCC[C@H]1O/C=C/C(=O)OC)[Se]c1ccccc1. The van der Waals surface area contributed by atoms with E-state index in [1.807, 2.05) is 6.07 Å². The van der Waals surface area contributed by atoms with Crippen LogP contribution in [0, 0.1) is 0 Å². The Bertz CT molecular complexity index is 761. The van der Waals surface area contributed by atoms with Gasteiger partial charge in [-0.2, -0.15) is 0 Å². The summed E-state index contributed by atoms with van der Waals surface area (Å²) >= 11 is 0.126. The average Bonchev–Trinajstić information content (AvgIpc) is 3.13. The number of hydrogen-bond acceptors (Lipinski definition) is 8. The summed E-state index contributed by atoms with van der Waals surface area (Å²) in [5.41, 5.74) is 0. The van der Waals surface area contributed by atoms with Crippen LogP contribution >= 0.6 is 0 Å². The predicted molar refractivity (Wildman–Crippen MR) is 136 cm³/mol. The van der Waals surface area contributed by atoms with Crippen molar-refractivity contribution in [2.45, 2.75) is 74.4 Å². The second kappa shape index (κ2) is 17.1. The van der Waals surface area contributed by atoms with Gasteiger partial charge in [0.1, 0.15) is 0 Å². The van der Waals surface area contributed by atoms with Gasteiger partial charge in [-0.15, -0.1) is 0 Å². The third kappa shape index (κ3) is 10.5. The Labute approximate surface area is 221 Å². The molecule has 0 unspecified atom stereocenters. The number of carbonyl (C=O) groups is 1. The Balaban J connectivity index is 1.64. The second-order valence-corrected chi connectivity index (χ2v) is 11.4. The van der Waals surface area contributed by atoms with Crippen LogP contribution in [0.15, 0.2) is 42.7 Å². The van der Waals surface area contributed by atoms with Crippen LogP contribution in [0.4, 0.5) is 0 Å². The molecule has 2 saturated heterocycles. The van der Waals surface area contributed by atoms with Crippen molar-refractivity contribution in [3.05, 3.63) is 42.7 Å². The first kappa shape index (κ1) is 29.1. The quantitative estimate of drug-likeness (QED) is 0.0843. The van der Waals surface area contributed by atoms with Gasteiger partial charge in [-0.25, -0.2) is 0 Å². The van der Waals surface area contributed by atoms with Crippen molar-refractivity contribution in [3.8, 4) is 0 Å². The molecule has 2 aliphatic rings. The summed E-state index contributed by atoms with van der Waals surface area (Å²) in [6.45, 7) is 2.14. The maximum absolute atomic E-state index is 11.4. The molecule has 9 heteroatoms. The summed E-state index contributed by atoms with van der Waals surface area (Å²) in [4.78, 5) is 11.4. The van der Waals surface area contributed by atoms with Crippen LogP contribution in [-0.2, 0) is 38.0 Å². The van der Waals surface area contributed by atoms with E-state index in [1.54, 1.807) is 7.11 Å². The van der Waals surface area contributed by atoms with Crippen molar-refractivity contribution in [2.75, 3.05) is 40.8 Å². The van der Waals surface area contributed by atoms with E-state index in [0.717, 1.165) is 58.2 Å². The fraction of sp³-hybridized carbons (Fsp3) is 0.667. The van der Waals surface area contributed by atoms with E-state index in [9.17, 15) is 4.79 Å². The number of hydrogen-bond donors (Lipinski definition) is 0. The second-order valence-electron chi connectivity index (χ2n) is 8.85. The normalized spacial score (nSPS) is 25.8. The molecule has 2 fully saturated rings. The van der Waals surface area contributed by atoms with E-state index in [0.29, 0.717) is 6.61 Å². The first-order valence-corrected chi connectivity index (χ1v) is 14.6. The zero-order valence-corrected chi connectivity index (χ0v) is 23.1. The molecule has 0 aromatic heterocycles. The maximum atomic E-state index is 11.4. The molecule has 202 valence electrons. The first-order chi connectivity index (χ1) is 17.7. The van der Waals surface area contributed by atoms with E-state index in [4.69, 9.17) is 28.4 Å². The molecular formula is C27H40O8Se. The Morgan fingerprint density at radius 1 is 1.06 bits per heavy atom. The molecule has 3 rings (SSSR count). The number of rotatable bonds is 14. The molecule has 0 bridgehead atoms. The number of esters is 1. The molecule has 0 saturated carbocycles. The van der Waals surface area contributed by atoms with Crippen molar-refractivity contribution >= 4 is 25.4 Å². The van der Waals surface area contributed by atoms with E-state index >= 15 is 0 Å². The number of benzene rings is 1. The zero-order valence-electron chi connectivity index (χ0n) is 21.4. The van der Waals surface area contributed by atoms with Crippen molar-refractivity contribution in [3.63, 3.8) is 0 Å². The summed E-state index contributed by atoms with van der Waals surface area (Å²) in [5.74, 6) is -0.433. The molecule has 0 radical (unpaired) electrons. The first-order valence-electron chi connectivity index (χ1n) is 12.8. The van der Waals surface area contributed by atoms with Gasteiger partial charge in [0.15, 0.2) is 0 Å². The van der Waals surface area contributed by atoms with Crippen molar-refractivity contribution in [2.24, 2.45) is 0 Å². The number of carbonyl (C=O) groups excluding carboxylic acids is 1. The Kier molecular flexibility index (Phi) is 13.9. The predicted octanol–water partition coefficient (Wildman–Crippen LogP) is 2.95. The van der Waals surface area contributed by atoms with E-state index in [-0.39, 0.29) is 51.2 Å². The van der Waals surface area contributed by atoms with Gasteiger partial charge >= 0.3 is 221 Å². The molecular weight excluding hydrogens is 531 g/mol. The van der Waals surface area contributed by atoms with Crippen LogP contribution in [0.1, 0.15) is 44.9 Å². The molecule has 1 aromatic carbocycles. The fourth-order valence-electron chi connectivity index (χ4n) is 4.34. The number of methoxy groups -OCH3 is 2. The minimum absolute atomic E-state index is 0.0257. The van der Waals surface area contributed by atoms with Crippen LogP contribution in [-0.4, -0.2) is 91.2 Å². The third-order valence-corrected chi connectivity index (χ3v) is 8.60. The van der Waals surface area contributed by atoms with Gasteiger partial charge in [-0.3, -0.25) is 0 Å². The van der Waals surface area contributed by atoms with Crippen molar-refractivity contribution < 1.29 is 38.0 Å². The molecule has 0 spiro atoms. The van der Waals surface area contributed by atoms with Gasteiger partial charge < -0.3 is 0 Å². The third-order valence-electron chi connectivity index (χ3n) is 6.18. The topological polar surface area (TPSA) is 81.7 Å². The minimum atomic E-state index is -0.433. The number of ether oxygens (including phenoxy) is 7. The van der Waals surface area contributed by atoms with Crippen molar-refractivity contribution in [1.82, 2.24) is 0 Å². The summed E-state index contributed by atoms with van der Waals surface area (Å²) in [7, 11) is 2.97. The monoisotopic (exact) mass is 572 g/mol. The average molecular weight is 572 g/mol. The van der Waals surface area contributed by atoms with Crippen LogP contribution < -0.4 is 4.46 Å². The molecule has 2 aliphatic heterocycles. The standard InChI is InChI=1S/C27H40O8Se/c1-29-20-31-19-25-24(11-6-7-16-33-25)35-27(36-21-9-4-3-5-10-21)14-13-23-22(12-8-17-32-23)34-18-15-26(28)30-2/h3-5,9-10,15,18,22-25,27H,6-8,11-14,16-17,19-20H2,1-2H3/b18-15+/t22-,23+,24+,25-,27+/m1/s1. The van der Waals surface area contributed by atoms with Gasteiger partial charge in [0.2, 0.25) is 0 Å². The van der Waals surface area contributed by atoms with Crippen LogP contribution in [0.5, 0.6) is 0 Å². The summed E-state index contributed by atoms with van der Waals surface area (Å²) in [6.07, 6.45) is 8.98. The summed E-state index contributed by atoms with van der Waals surface area (Å²) in [6, 6.07) is 10.5. The van der Waals surface area contributed by atoms with Crippen LogP contribution in [0.25, 0.3) is 0 Å². The zero-order chi connectivity index (χ0) is 25.4. The Morgan fingerprint density at radius 2 is 1.83 bits per heavy atom.